The number of benzene rings is 1. The number of carbonyl (C=O) groups excluding carboxylic acids is 2. The minimum atomic E-state index is -2.63. The third-order valence-electron chi connectivity index (χ3n) is 7.89. The summed E-state index contributed by atoms with van der Waals surface area (Å²) >= 11 is 6.24. The van der Waals surface area contributed by atoms with E-state index in [2.05, 4.69) is 20.6 Å². The second-order valence-corrected chi connectivity index (χ2v) is 10.9. The summed E-state index contributed by atoms with van der Waals surface area (Å²) in [5, 5.41) is 6.36. The maximum absolute atomic E-state index is 13.5. The molecule has 1 aliphatic heterocycles. The molecule has 5 rings (SSSR count). The standard InChI is InChI=1S/C27H33ClF2N6O2/c28-20-1-2-23(32-15-21-3-8-31-18-34-21)19(13-20)17-35-9-11-36(12-10-35)24(37)16-33-25(38)22-14-26(22)4-6-27(29,30)7-5-26/h1-3,8,13,18,22,32H,4-7,9-12,14-17H2,(H,33,38)/i17D2. The van der Waals surface area contributed by atoms with Gasteiger partial charge in [0.2, 0.25) is 17.7 Å². The first-order valence-corrected chi connectivity index (χ1v) is 13.3. The molecule has 204 valence electrons. The van der Waals surface area contributed by atoms with Crippen LogP contribution in [0.1, 0.15) is 46.1 Å². The molecule has 2 heterocycles. The van der Waals surface area contributed by atoms with Crippen LogP contribution in [0.5, 0.6) is 0 Å². The minimum Gasteiger partial charge on any atom is -0.379 e. The van der Waals surface area contributed by atoms with Gasteiger partial charge in [0.1, 0.15) is 6.33 Å². The molecule has 1 aromatic heterocycles. The number of carbonyl (C=O) groups is 2. The quantitative estimate of drug-likeness (QED) is 0.522. The van der Waals surface area contributed by atoms with Gasteiger partial charge in [0, 0.05) is 71.1 Å². The summed E-state index contributed by atoms with van der Waals surface area (Å²) in [6, 6.07) is 6.81. The van der Waals surface area contributed by atoms with Crippen molar-refractivity contribution in [1.29, 1.82) is 0 Å². The molecule has 11 heteroatoms. The Labute approximate surface area is 229 Å². The van der Waals surface area contributed by atoms with Gasteiger partial charge in [-0.05, 0) is 54.5 Å². The Kier molecular flexibility index (Phi) is 7.07. The van der Waals surface area contributed by atoms with Gasteiger partial charge in [-0.2, -0.15) is 0 Å². The van der Waals surface area contributed by atoms with E-state index in [1.54, 1.807) is 40.3 Å². The lowest BCUT2D eigenvalue weighted by atomic mass is 9.82. The van der Waals surface area contributed by atoms with Gasteiger partial charge in [0.05, 0.1) is 18.8 Å². The summed E-state index contributed by atoms with van der Waals surface area (Å²) in [4.78, 5) is 36.8. The fourth-order valence-electron chi connectivity index (χ4n) is 5.39. The number of nitrogens with one attached hydrogen (secondary N) is 2. The molecule has 38 heavy (non-hydrogen) atoms. The van der Waals surface area contributed by atoms with E-state index in [1.807, 2.05) is 0 Å². The molecule has 2 amide bonds. The molecule has 2 saturated carbocycles. The number of halogens is 3. The van der Waals surface area contributed by atoms with Crippen LogP contribution in [0.3, 0.4) is 0 Å². The highest BCUT2D eigenvalue weighted by Crippen LogP contribution is 2.63. The average Bonchev–Trinajstić information content (AvgIpc) is 3.67. The van der Waals surface area contributed by atoms with Crippen LogP contribution in [-0.4, -0.2) is 70.2 Å². The molecule has 3 aliphatic rings. The third kappa shape index (κ3) is 6.40. The van der Waals surface area contributed by atoms with Gasteiger partial charge in [-0.15, -0.1) is 0 Å². The highest BCUT2D eigenvalue weighted by atomic mass is 35.5. The summed E-state index contributed by atoms with van der Waals surface area (Å²) in [7, 11) is 0. The van der Waals surface area contributed by atoms with Crippen LogP contribution in [-0.2, 0) is 22.6 Å². The third-order valence-corrected chi connectivity index (χ3v) is 8.13. The van der Waals surface area contributed by atoms with E-state index in [-0.39, 0.29) is 42.5 Å². The Balaban J connectivity index is 1.13. The van der Waals surface area contributed by atoms with E-state index < -0.39 is 12.4 Å². The molecule has 3 fully saturated rings. The number of hydrogen-bond acceptors (Lipinski definition) is 6. The summed E-state index contributed by atoms with van der Waals surface area (Å²) in [5.41, 5.74) is 1.41. The van der Waals surface area contributed by atoms with Gasteiger partial charge in [0.25, 0.3) is 0 Å². The van der Waals surface area contributed by atoms with Crippen LogP contribution < -0.4 is 10.6 Å². The van der Waals surface area contributed by atoms with Crippen molar-refractivity contribution in [3.63, 3.8) is 0 Å². The predicted octanol–water partition coefficient (Wildman–Crippen LogP) is 3.72. The molecule has 1 aromatic carbocycles. The molecule has 2 aliphatic carbocycles. The molecular formula is C27H33ClF2N6O2. The van der Waals surface area contributed by atoms with Gasteiger partial charge >= 0.3 is 0 Å². The van der Waals surface area contributed by atoms with E-state index in [1.165, 1.54) is 6.33 Å². The SMILES string of the molecule is [2H]C([2H])(c1cc(Cl)ccc1NCc1ccncn1)N1CCN(C(=O)CNC(=O)C2CC23CCC(F)(F)CC3)CC1. The van der Waals surface area contributed by atoms with Crippen molar-refractivity contribution in [1.82, 2.24) is 25.1 Å². The number of rotatable bonds is 8. The number of piperazine rings is 1. The zero-order chi connectivity index (χ0) is 28.5. The number of hydrogen-bond donors (Lipinski definition) is 2. The van der Waals surface area contributed by atoms with Crippen molar-refractivity contribution < 1.29 is 21.1 Å². The number of nitrogens with zero attached hydrogens (tertiary/aromatic N) is 4. The molecule has 0 radical (unpaired) electrons. The summed E-state index contributed by atoms with van der Waals surface area (Å²) in [6.45, 7) is -0.425. The Morgan fingerprint density at radius 3 is 2.61 bits per heavy atom. The molecule has 1 unspecified atom stereocenters. The van der Waals surface area contributed by atoms with E-state index in [9.17, 15) is 18.4 Å². The van der Waals surface area contributed by atoms with E-state index in [0.717, 1.165) is 5.69 Å². The summed E-state index contributed by atoms with van der Waals surface area (Å²) in [5.74, 6) is -3.41. The zero-order valence-electron chi connectivity index (χ0n) is 23.1. The first-order chi connectivity index (χ1) is 19.0. The average molecular weight is 549 g/mol. The van der Waals surface area contributed by atoms with Gasteiger partial charge in [0.15, 0.2) is 0 Å². The van der Waals surface area contributed by atoms with Crippen molar-refractivity contribution in [2.75, 3.05) is 38.0 Å². The van der Waals surface area contributed by atoms with Gasteiger partial charge in [-0.25, -0.2) is 18.7 Å². The van der Waals surface area contributed by atoms with Crippen molar-refractivity contribution in [2.45, 2.75) is 51.1 Å². The Bertz CT molecular complexity index is 1240. The van der Waals surface area contributed by atoms with E-state index in [0.29, 0.717) is 68.3 Å². The van der Waals surface area contributed by atoms with Crippen LogP contribution in [0.15, 0.2) is 36.8 Å². The molecule has 1 spiro atoms. The maximum Gasteiger partial charge on any atom is 0.248 e. The molecule has 1 atom stereocenters. The fraction of sp³-hybridized carbons (Fsp3) is 0.556. The molecular weight excluding hydrogens is 514 g/mol. The second kappa shape index (κ2) is 11.1. The lowest BCUT2D eigenvalue weighted by Gasteiger charge is -2.35. The molecule has 2 N–H and O–H groups in total. The van der Waals surface area contributed by atoms with Crippen LogP contribution in [0.25, 0.3) is 0 Å². The molecule has 0 bridgehead atoms. The van der Waals surface area contributed by atoms with Crippen LogP contribution in [0.4, 0.5) is 14.5 Å². The summed E-state index contributed by atoms with van der Waals surface area (Å²) < 4.78 is 44.9. The largest absolute Gasteiger partial charge is 0.379 e. The lowest BCUT2D eigenvalue weighted by molar-refractivity contribution is -0.135. The van der Waals surface area contributed by atoms with Crippen LogP contribution >= 0.6 is 11.6 Å². The zero-order valence-corrected chi connectivity index (χ0v) is 21.8. The minimum absolute atomic E-state index is 0.153. The van der Waals surface area contributed by atoms with Gasteiger partial charge in [-0.3, -0.25) is 14.5 Å². The Morgan fingerprint density at radius 2 is 1.89 bits per heavy atom. The number of amides is 2. The molecule has 1 saturated heterocycles. The van der Waals surface area contributed by atoms with Crippen molar-refractivity contribution in [3.05, 3.63) is 53.1 Å². The fourth-order valence-corrected chi connectivity index (χ4v) is 5.56. The molecule has 2 aromatic rings. The smallest absolute Gasteiger partial charge is 0.248 e. The Morgan fingerprint density at radius 1 is 1.13 bits per heavy atom. The predicted molar refractivity (Wildman–Crippen MR) is 140 cm³/mol. The first-order valence-electron chi connectivity index (χ1n) is 14.0. The first kappa shape index (κ1) is 24.2. The van der Waals surface area contributed by atoms with Crippen molar-refractivity contribution >= 4 is 29.1 Å². The highest BCUT2D eigenvalue weighted by molar-refractivity contribution is 6.30. The number of aromatic nitrogens is 2. The van der Waals surface area contributed by atoms with Crippen molar-refractivity contribution in [2.24, 2.45) is 11.3 Å². The van der Waals surface area contributed by atoms with Gasteiger partial charge < -0.3 is 15.5 Å². The van der Waals surface area contributed by atoms with Gasteiger partial charge in [-0.1, -0.05) is 11.6 Å². The van der Waals surface area contributed by atoms with E-state index in [4.69, 9.17) is 14.3 Å². The lowest BCUT2D eigenvalue weighted by Crippen LogP contribution is -2.51. The number of anilines is 1. The van der Waals surface area contributed by atoms with E-state index >= 15 is 0 Å². The highest BCUT2D eigenvalue weighted by Gasteiger charge is 2.60. The molecule has 8 nitrogen and oxygen atoms in total. The second-order valence-electron chi connectivity index (χ2n) is 10.4. The number of alkyl halides is 2. The Hall–Kier alpha value is -2.85. The van der Waals surface area contributed by atoms with Crippen LogP contribution in [0.2, 0.25) is 5.02 Å². The van der Waals surface area contributed by atoms with Crippen LogP contribution in [0, 0.1) is 11.3 Å². The normalized spacial score (nSPS) is 23.3. The maximum atomic E-state index is 13.5. The topological polar surface area (TPSA) is 90.5 Å². The monoisotopic (exact) mass is 548 g/mol. The van der Waals surface area contributed by atoms with Crippen molar-refractivity contribution in [3.8, 4) is 0 Å². The summed E-state index contributed by atoms with van der Waals surface area (Å²) in [6.07, 6.45) is 4.04.